The van der Waals surface area contributed by atoms with Crippen LogP contribution in [0.2, 0.25) is 0 Å². The second kappa shape index (κ2) is 5.13. The maximum Gasteiger partial charge on any atom is 2.00 e. The topological polar surface area (TPSA) is 92.2 Å². The molecule has 0 spiro atoms. The zero-order valence-corrected chi connectivity index (χ0v) is 5.96. The van der Waals surface area contributed by atoms with E-state index in [-0.39, 0.29) is 33.2 Å². The van der Waals surface area contributed by atoms with Crippen LogP contribution >= 0.6 is 0 Å². The minimum Gasteiger partial charge on any atom is -0.894 e. The van der Waals surface area contributed by atoms with Gasteiger partial charge in [-0.15, -0.1) is 0 Å². The van der Waals surface area contributed by atoms with Gasteiger partial charge in [-0.2, -0.15) is 0 Å². The Morgan fingerprint density at radius 3 is 0.857 bits per heavy atom. The third-order valence-corrected chi connectivity index (χ3v) is 0. The Morgan fingerprint density at radius 2 is 0.857 bits per heavy atom. The Morgan fingerprint density at radius 1 is 0.857 bits per heavy atom. The number of rotatable bonds is 0. The maximum absolute atomic E-state index is 8.58. The molecule has 0 atom stereocenters. The molecule has 0 aromatic rings. The normalized spacial score (nSPS) is 8.57. The van der Waals surface area contributed by atoms with E-state index in [2.05, 4.69) is 0 Å². The van der Waals surface area contributed by atoms with Gasteiger partial charge in [0, 0.05) is 0 Å². The number of hydrogen-bond donors (Lipinski definition) is 0. The molecule has 0 aliphatic rings. The fourth-order valence-electron chi connectivity index (χ4n) is 0. The van der Waals surface area contributed by atoms with Gasteiger partial charge in [0.1, 0.15) is 0 Å². The molecule has 0 fully saturated rings. The van der Waals surface area contributed by atoms with Crippen LogP contribution in [-0.4, -0.2) is 42.2 Å². The summed E-state index contributed by atoms with van der Waals surface area (Å²) in [4.78, 5) is 34.3. The SMILES string of the molecule is [Be+2].[Mg+2].[O-][Si]([O-])([O-])[O-]. The van der Waals surface area contributed by atoms with E-state index >= 15 is 0 Å². The van der Waals surface area contributed by atoms with E-state index in [4.69, 9.17) is 19.2 Å². The first-order chi connectivity index (χ1) is 2.00. The second-order valence-electron chi connectivity index (χ2n) is 0.500. The molecule has 0 amide bonds. The molecule has 0 saturated heterocycles. The molecule has 0 radical (unpaired) electrons. The summed E-state index contributed by atoms with van der Waals surface area (Å²) >= 11 is 0. The molecule has 0 aromatic carbocycles. The Bertz CT molecular complexity index is 27.2. The molecule has 0 unspecified atom stereocenters. The first-order valence-electron chi connectivity index (χ1n) is 0.816. The van der Waals surface area contributed by atoms with Crippen LogP contribution < -0.4 is 19.2 Å². The molecule has 0 rings (SSSR count). The van der Waals surface area contributed by atoms with E-state index in [9.17, 15) is 0 Å². The van der Waals surface area contributed by atoms with Crippen molar-refractivity contribution >= 4 is 42.2 Å². The second-order valence-corrected chi connectivity index (χ2v) is 1.50. The van der Waals surface area contributed by atoms with Gasteiger partial charge >= 0.3 is 33.2 Å². The summed E-state index contributed by atoms with van der Waals surface area (Å²) in [6.07, 6.45) is 0. The summed E-state index contributed by atoms with van der Waals surface area (Å²) < 4.78 is 0. The van der Waals surface area contributed by atoms with E-state index in [0.717, 1.165) is 0 Å². The van der Waals surface area contributed by atoms with Gasteiger partial charge in [-0.05, 0) is 0 Å². The first kappa shape index (κ1) is 15.7. The zero-order chi connectivity index (χ0) is 4.50. The van der Waals surface area contributed by atoms with Gasteiger partial charge in [0.05, 0.1) is 0 Å². The van der Waals surface area contributed by atoms with Crippen LogP contribution in [0.5, 0.6) is 0 Å². The van der Waals surface area contributed by atoms with Crippen molar-refractivity contribution < 1.29 is 19.2 Å². The molecular formula is BeMgO4Si. The first-order valence-corrected chi connectivity index (χ1v) is 2.45. The van der Waals surface area contributed by atoms with Crippen molar-refractivity contribution in [1.82, 2.24) is 0 Å². The Hall–Kier alpha value is 0.992. The average molecular weight is 125 g/mol. The summed E-state index contributed by atoms with van der Waals surface area (Å²) in [6, 6.07) is 0. The largest absolute Gasteiger partial charge is 2.00 e. The molecule has 0 N–H and O–H groups in total. The Labute approximate surface area is 61.7 Å². The quantitative estimate of drug-likeness (QED) is 0.301. The van der Waals surface area contributed by atoms with Crippen molar-refractivity contribution in [3.05, 3.63) is 0 Å². The Balaban J connectivity index is -0.0000000800. The predicted octanol–water partition coefficient (Wildman–Crippen LogP) is -5.90. The van der Waals surface area contributed by atoms with Crippen LogP contribution in [-0.2, 0) is 0 Å². The fourth-order valence-corrected chi connectivity index (χ4v) is 0. The van der Waals surface area contributed by atoms with Gasteiger partial charge in [0.15, 0.2) is 0 Å². The summed E-state index contributed by atoms with van der Waals surface area (Å²) in [5.74, 6) is 0. The van der Waals surface area contributed by atoms with Crippen LogP contribution in [0.3, 0.4) is 0 Å². The molecular weight excluding hydrogens is 125 g/mol. The standard InChI is InChI=1S/Be.Mg.O4Si/c;;1-5(2,3)4/q2*+2;-4. The molecule has 0 aliphatic carbocycles. The van der Waals surface area contributed by atoms with Crippen molar-refractivity contribution in [1.29, 1.82) is 0 Å². The van der Waals surface area contributed by atoms with E-state index < -0.39 is 9.05 Å². The third-order valence-electron chi connectivity index (χ3n) is 0. The third kappa shape index (κ3) is 177. The van der Waals surface area contributed by atoms with Crippen molar-refractivity contribution in [2.75, 3.05) is 0 Å². The monoisotopic (exact) mass is 125 g/mol. The summed E-state index contributed by atoms with van der Waals surface area (Å²) in [6.45, 7) is 0. The van der Waals surface area contributed by atoms with Crippen molar-refractivity contribution in [3.8, 4) is 0 Å². The average Bonchev–Trinajstić information content (AvgIpc) is 0.722. The van der Waals surface area contributed by atoms with Gasteiger partial charge in [-0.3, -0.25) is 0 Å². The van der Waals surface area contributed by atoms with Crippen LogP contribution in [0.4, 0.5) is 0 Å². The molecule has 4 nitrogen and oxygen atoms in total. The van der Waals surface area contributed by atoms with Crippen LogP contribution in [0, 0.1) is 0 Å². The van der Waals surface area contributed by atoms with Gasteiger partial charge in [-0.1, -0.05) is 0 Å². The molecule has 7 heavy (non-hydrogen) atoms. The van der Waals surface area contributed by atoms with Gasteiger partial charge in [0.2, 0.25) is 0 Å². The van der Waals surface area contributed by atoms with Gasteiger partial charge < -0.3 is 28.2 Å². The van der Waals surface area contributed by atoms with Crippen molar-refractivity contribution in [3.63, 3.8) is 0 Å². The van der Waals surface area contributed by atoms with E-state index in [1.165, 1.54) is 0 Å². The van der Waals surface area contributed by atoms with Crippen molar-refractivity contribution in [2.45, 2.75) is 0 Å². The van der Waals surface area contributed by atoms with Gasteiger partial charge in [0.25, 0.3) is 0 Å². The van der Waals surface area contributed by atoms with Crippen LogP contribution in [0.1, 0.15) is 0 Å². The van der Waals surface area contributed by atoms with Gasteiger partial charge in [-0.25, -0.2) is 0 Å². The molecule has 32 valence electrons. The van der Waals surface area contributed by atoms with E-state index in [1.807, 2.05) is 0 Å². The zero-order valence-electron chi connectivity index (χ0n) is 3.55. The minimum atomic E-state index is -5.61. The molecule has 0 heterocycles. The molecule has 0 aliphatic heterocycles. The predicted molar refractivity (Wildman–Crippen MR) is 17.3 cm³/mol. The van der Waals surface area contributed by atoms with Crippen molar-refractivity contribution in [2.24, 2.45) is 0 Å². The van der Waals surface area contributed by atoms with Crippen LogP contribution in [0.15, 0.2) is 0 Å². The van der Waals surface area contributed by atoms with E-state index in [0.29, 0.717) is 0 Å². The Kier molecular flexibility index (Phi) is 11.5. The molecule has 7 heteroatoms. The summed E-state index contributed by atoms with van der Waals surface area (Å²) in [7, 11) is -5.61. The minimum absolute atomic E-state index is 0. The fraction of sp³-hybridized carbons (Fsp3) is 0. The molecule has 0 bridgehead atoms. The summed E-state index contributed by atoms with van der Waals surface area (Å²) in [5.41, 5.74) is 0. The maximum atomic E-state index is 8.58. The molecule has 0 saturated carbocycles. The van der Waals surface area contributed by atoms with Crippen LogP contribution in [0.25, 0.3) is 0 Å². The smallest absolute Gasteiger partial charge is 0.894 e. The number of hydrogen-bond acceptors (Lipinski definition) is 4. The van der Waals surface area contributed by atoms with E-state index in [1.54, 1.807) is 0 Å². The summed E-state index contributed by atoms with van der Waals surface area (Å²) in [5, 5.41) is 0. The molecule has 0 aromatic heterocycles.